The van der Waals surface area contributed by atoms with E-state index in [-0.39, 0.29) is 53.0 Å². The second-order valence-corrected chi connectivity index (χ2v) is 16.1. The van der Waals surface area contributed by atoms with Gasteiger partial charge in [0.2, 0.25) is 15.9 Å². The first-order valence-corrected chi connectivity index (χ1v) is 19.0. The number of hydrogen-bond donors (Lipinski definition) is 4. The lowest BCUT2D eigenvalue weighted by Gasteiger charge is -2.31. The van der Waals surface area contributed by atoms with E-state index in [1.165, 1.54) is 34.6 Å². The number of carbonyl (C=O) groups excluding carboxylic acids is 1. The molecule has 1 aromatic carbocycles. The Balaban J connectivity index is 2.08. The molecule has 10 nitrogen and oxygen atoms in total. The van der Waals surface area contributed by atoms with Crippen molar-refractivity contribution in [2.75, 3.05) is 25.4 Å². The molecule has 0 fully saturated rings. The SMILES string of the molecule is C=CC(C=C)C(C=C)C=CC[C@H](NS(=O)(=O)c1cccs1)C(=O)NCCCC[C@@H](CO)N(CC(C)C)S(=O)(=O)c1ccc(N)cc1. The second kappa shape index (κ2) is 18.9. The van der Waals surface area contributed by atoms with Gasteiger partial charge in [-0.05, 0) is 60.9 Å². The first kappa shape index (κ1) is 39.1. The topological polar surface area (TPSA) is 159 Å². The summed E-state index contributed by atoms with van der Waals surface area (Å²) in [4.78, 5) is 13.3. The molecule has 0 saturated heterocycles. The number of aliphatic hydroxyl groups is 1. The molecule has 1 unspecified atom stereocenters. The summed E-state index contributed by atoms with van der Waals surface area (Å²) in [6.45, 7) is 15.4. The number of aliphatic hydroxyl groups excluding tert-OH is 1. The Labute approximate surface area is 278 Å². The Morgan fingerprint density at radius 1 is 1.02 bits per heavy atom. The molecule has 2 rings (SSSR count). The van der Waals surface area contributed by atoms with Crippen LogP contribution in [0, 0.1) is 17.8 Å². The van der Waals surface area contributed by atoms with E-state index in [0.717, 1.165) is 11.3 Å². The molecule has 1 amide bonds. The number of nitrogens with two attached hydrogens (primary N) is 1. The quantitative estimate of drug-likeness (QED) is 0.0791. The molecule has 0 spiro atoms. The van der Waals surface area contributed by atoms with E-state index in [2.05, 4.69) is 29.8 Å². The highest BCUT2D eigenvalue weighted by atomic mass is 32.2. The van der Waals surface area contributed by atoms with Gasteiger partial charge in [-0.2, -0.15) is 9.03 Å². The van der Waals surface area contributed by atoms with Crippen molar-refractivity contribution in [3.8, 4) is 0 Å². The van der Waals surface area contributed by atoms with Crippen LogP contribution >= 0.6 is 11.3 Å². The van der Waals surface area contributed by atoms with Crippen molar-refractivity contribution in [3.63, 3.8) is 0 Å². The average molecular weight is 693 g/mol. The number of nitrogen functional groups attached to an aromatic ring is 1. The lowest BCUT2D eigenvalue weighted by molar-refractivity contribution is -0.122. The van der Waals surface area contributed by atoms with Crippen molar-refractivity contribution in [2.45, 2.75) is 60.7 Å². The van der Waals surface area contributed by atoms with Gasteiger partial charge in [-0.15, -0.1) is 31.1 Å². The molecular formula is C33H48N4O6S3. The third kappa shape index (κ3) is 11.6. The number of anilines is 1. The summed E-state index contributed by atoms with van der Waals surface area (Å²) in [7, 11) is -7.82. The minimum atomic E-state index is -3.93. The van der Waals surface area contributed by atoms with Crippen LogP contribution in [-0.4, -0.2) is 63.9 Å². The number of allylic oxidation sites excluding steroid dienone is 4. The van der Waals surface area contributed by atoms with Gasteiger partial charge in [-0.3, -0.25) is 4.79 Å². The number of nitrogens with one attached hydrogen (secondary N) is 2. The van der Waals surface area contributed by atoms with E-state index in [1.54, 1.807) is 35.8 Å². The number of benzene rings is 1. The molecule has 0 saturated carbocycles. The van der Waals surface area contributed by atoms with Gasteiger partial charge in [0, 0.05) is 36.7 Å². The van der Waals surface area contributed by atoms with E-state index in [0.29, 0.717) is 24.9 Å². The molecular weight excluding hydrogens is 645 g/mol. The molecule has 0 radical (unpaired) electrons. The number of unbranched alkanes of at least 4 members (excludes halogenated alkanes) is 1. The summed E-state index contributed by atoms with van der Waals surface area (Å²) in [6.07, 6.45) is 10.3. The number of rotatable bonds is 22. The fraction of sp³-hybridized carbons (Fsp3) is 0.424. The Morgan fingerprint density at radius 3 is 2.22 bits per heavy atom. The molecule has 3 atom stereocenters. The summed E-state index contributed by atoms with van der Waals surface area (Å²) in [5, 5.41) is 14.6. The average Bonchev–Trinajstić information content (AvgIpc) is 3.57. The minimum absolute atomic E-state index is 0.0158. The first-order valence-electron chi connectivity index (χ1n) is 15.2. The molecule has 254 valence electrons. The van der Waals surface area contributed by atoms with Crippen LogP contribution in [0.5, 0.6) is 0 Å². The van der Waals surface area contributed by atoms with Crippen molar-refractivity contribution in [1.82, 2.24) is 14.3 Å². The Hall–Kier alpha value is -3.07. The van der Waals surface area contributed by atoms with Crippen molar-refractivity contribution < 1.29 is 26.7 Å². The van der Waals surface area contributed by atoms with E-state index in [9.17, 15) is 26.7 Å². The van der Waals surface area contributed by atoms with Crippen LogP contribution in [0.2, 0.25) is 0 Å². The zero-order chi connectivity index (χ0) is 34.3. The molecule has 0 aliphatic carbocycles. The Morgan fingerprint density at radius 2 is 1.67 bits per heavy atom. The van der Waals surface area contributed by atoms with E-state index < -0.39 is 38.0 Å². The summed E-state index contributed by atoms with van der Waals surface area (Å²) in [5.74, 6) is -0.660. The Kier molecular flexibility index (Phi) is 16.1. The van der Waals surface area contributed by atoms with Crippen LogP contribution < -0.4 is 15.8 Å². The number of carbonyl (C=O) groups is 1. The summed E-state index contributed by atoms with van der Waals surface area (Å²) in [6, 6.07) is 7.31. The lowest BCUT2D eigenvalue weighted by atomic mass is 9.91. The minimum Gasteiger partial charge on any atom is -0.399 e. The van der Waals surface area contributed by atoms with E-state index in [4.69, 9.17) is 5.73 Å². The van der Waals surface area contributed by atoms with Crippen LogP contribution in [0.25, 0.3) is 0 Å². The molecule has 0 aliphatic heterocycles. The summed E-state index contributed by atoms with van der Waals surface area (Å²) >= 11 is 1.05. The highest BCUT2D eigenvalue weighted by molar-refractivity contribution is 7.91. The molecule has 0 bridgehead atoms. The fourth-order valence-electron chi connectivity index (χ4n) is 4.76. The lowest BCUT2D eigenvalue weighted by Crippen LogP contribution is -2.46. The number of hydrogen-bond acceptors (Lipinski definition) is 8. The molecule has 13 heteroatoms. The molecule has 0 aliphatic rings. The zero-order valence-electron chi connectivity index (χ0n) is 26.6. The predicted molar refractivity (Wildman–Crippen MR) is 187 cm³/mol. The maximum Gasteiger partial charge on any atom is 0.250 e. The third-order valence-electron chi connectivity index (χ3n) is 7.28. The van der Waals surface area contributed by atoms with Gasteiger partial charge in [0.1, 0.15) is 10.3 Å². The van der Waals surface area contributed by atoms with Crippen molar-refractivity contribution >= 4 is 43.0 Å². The maximum atomic E-state index is 13.5. The molecule has 2 aromatic rings. The zero-order valence-corrected chi connectivity index (χ0v) is 29.1. The normalized spacial score (nSPS) is 14.4. The molecule has 46 heavy (non-hydrogen) atoms. The standard InChI is InChI=1S/C33H48N4O6S3/c1-6-26(7-2)27(8-3)13-11-15-31(36-45(40,41)32-16-12-22-44-32)33(39)35-21-10-9-14-29(24-38)37(23-25(4)5)46(42,43)30-19-17-28(34)18-20-30/h6-8,11-13,16-20,22,25-27,29,31,36,38H,1-3,9-10,14-15,21,23-24,34H2,4-5H3,(H,35,39)/t27?,29-,31-/m0/s1. The summed E-state index contributed by atoms with van der Waals surface area (Å²) in [5.41, 5.74) is 6.18. The largest absolute Gasteiger partial charge is 0.399 e. The van der Waals surface area contributed by atoms with Crippen molar-refractivity contribution in [1.29, 1.82) is 0 Å². The molecule has 1 heterocycles. The van der Waals surface area contributed by atoms with Crippen LogP contribution in [0.4, 0.5) is 5.69 Å². The second-order valence-electron chi connectivity index (χ2n) is 11.3. The highest BCUT2D eigenvalue weighted by Crippen LogP contribution is 2.24. The van der Waals surface area contributed by atoms with Gasteiger partial charge in [-0.1, -0.05) is 56.7 Å². The van der Waals surface area contributed by atoms with Gasteiger partial charge in [0.05, 0.1) is 11.5 Å². The van der Waals surface area contributed by atoms with Crippen LogP contribution in [-0.2, 0) is 24.8 Å². The van der Waals surface area contributed by atoms with Crippen molar-refractivity contribution in [3.05, 3.63) is 91.9 Å². The highest BCUT2D eigenvalue weighted by Gasteiger charge is 2.31. The number of thiophene rings is 1. The maximum absolute atomic E-state index is 13.5. The number of nitrogens with zero attached hydrogens (tertiary/aromatic N) is 1. The molecule has 1 aromatic heterocycles. The Bertz CT molecular complexity index is 1500. The van der Waals surface area contributed by atoms with Crippen LogP contribution in [0.15, 0.2) is 101 Å². The smallest absolute Gasteiger partial charge is 0.250 e. The van der Waals surface area contributed by atoms with Gasteiger partial charge < -0.3 is 16.2 Å². The fourth-order valence-corrected chi connectivity index (χ4v) is 8.79. The first-order chi connectivity index (χ1) is 21.8. The van der Waals surface area contributed by atoms with Crippen molar-refractivity contribution in [2.24, 2.45) is 17.8 Å². The third-order valence-corrected chi connectivity index (χ3v) is 12.1. The van der Waals surface area contributed by atoms with Gasteiger partial charge >= 0.3 is 0 Å². The van der Waals surface area contributed by atoms with E-state index in [1.807, 2.05) is 19.9 Å². The van der Waals surface area contributed by atoms with Gasteiger partial charge in [0.15, 0.2) is 0 Å². The molecule has 5 N–H and O–H groups in total. The summed E-state index contributed by atoms with van der Waals surface area (Å²) < 4.78 is 56.9. The number of sulfonamides is 2. The van der Waals surface area contributed by atoms with Crippen LogP contribution in [0.3, 0.4) is 0 Å². The van der Waals surface area contributed by atoms with E-state index >= 15 is 0 Å². The van der Waals surface area contributed by atoms with Gasteiger partial charge in [0.25, 0.3) is 10.0 Å². The van der Waals surface area contributed by atoms with Crippen LogP contribution in [0.1, 0.15) is 39.5 Å². The predicted octanol–water partition coefficient (Wildman–Crippen LogP) is 4.71. The van der Waals surface area contributed by atoms with Gasteiger partial charge in [-0.25, -0.2) is 16.8 Å². The monoisotopic (exact) mass is 692 g/mol. The number of amides is 1.